The molecule has 10 heteroatoms. The molecule has 2 aromatic heterocycles. The van der Waals surface area contributed by atoms with Crippen LogP contribution >= 0.6 is 0 Å². The van der Waals surface area contributed by atoms with Gasteiger partial charge in [0.15, 0.2) is 0 Å². The van der Waals surface area contributed by atoms with E-state index < -0.39 is 5.91 Å². The highest BCUT2D eigenvalue weighted by Gasteiger charge is 2.20. The number of hydrogen-bond donors (Lipinski definition) is 4. The second-order valence-electron chi connectivity index (χ2n) is 7.07. The van der Waals surface area contributed by atoms with E-state index in [0.717, 1.165) is 37.1 Å². The maximum absolute atomic E-state index is 11.8. The van der Waals surface area contributed by atoms with Gasteiger partial charge in [-0.25, -0.2) is 4.98 Å². The summed E-state index contributed by atoms with van der Waals surface area (Å²) in [5.74, 6) is 0.184. The van der Waals surface area contributed by atoms with Crippen LogP contribution in [0.1, 0.15) is 36.0 Å². The molecule has 1 aliphatic carbocycles. The maximum Gasteiger partial charge on any atom is 0.254 e. The van der Waals surface area contributed by atoms with E-state index in [1.54, 1.807) is 12.4 Å². The van der Waals surface area contributed by atoms with Gasteiger partial charge < -0.3 is 22.1 Å². The number of anilines is 3. The number of primary amides is 1. The van der Waals surface area contributed by atoms with Crippen LogP contribution in [0.25, 0.3) is 5.69 Å². The first kappa shape index (κ1) is 18.8. The van der Waals surface area contributed by atoms with E-state index in [-0.39, 0.29) is 17.6 Å². The molecular formula is C19H23N9O. The van der Waals surface area contributed by atoms with E-state index >= 15 is 0 Å². The second-order valence-corrected chi connectivity index (χ2v) is 7.07. The molecule has 29 heavy (non-hydrogen) atoms. The highest BCUT2D eigenvalue weighted by atomic mass is 16.1. The molecule has 6 N–H and O–H groups in total. The van der Waals surface area contributed by atoms with Crippen LogP contribution in [0, 0.1) is 0 Å². The minimum atomic E-state index is -0.604. The molecule has 10 nitrogen and oxygen atoms in total. The van der Waals surface area contributed by atoms with Crippen molar-refractivity contribution >= 4 is 23.4 Å². The Morgan fingerprint density at radius 3 is 2.62 bits per heavy atom. The highest BCUT2D eigenvalue weighted by molar-refractivity contribution is 5.98. The lowest BCUT2D eigenvalue weighted by Crippen LogP contribution is -2.33. The van der Waals surface area contributed by atoms with Crippen molar-refractivity contribution < 1.29 is 4.79 Å². The summed E-state index contributed by atoms with van der Waals surface area (Å²) in [6.07, 6.45) is 8.51. The monoisotopic (exact) mass is 393 g/mol. The summed E-state index contributed by atoms with van der Waals surface area (Å²) in [6, 6.07) is 7.96. The van der Waals surface area contributed by atoms with Crippen molar-refractivity contribution in [3.63, 3.8) is 0 Å². The van der Waals surface area contributed by atoms with Crippen LogP contribution < -0.4 is 22.1 Å². The number of nitrogens with one attached hydrogen (secondary N) is 2. The van der Waals surface area contributed by atoms with Crippen LogP contribution in [0.2, 0.25) is 0 Å². The minimum absolute atomic E-state index is 0.212. The van der Waals surface area contributed by atoms with Gasteiger partial charge in [-0.05, 0) is 43.9 Å². The molecule has 1 amide bonds. The van der Waals surface area contributed by atoms with Gasteiger partial charge in [-0.3, -0.25) is 4.79 Å². The molecule has 150 valence electrons. The summed E-state index contributed by atoms with van der Waals surface area (Å²) in [4.78, 5) is 22.1. The predicted octanol–water partition coefficient (Wildman–Crippen LogP) is 1.58. The molecule has 1 aliphatic rings. The van der Waals surface area contributed by atoms with Crippen LogP contribution in [0.3, 0.4) is 0 Å². The molecule has 0 aliphatic heterocycles. The Labute approximate surface area is 167 Å². The minimum Gasteiger partial charge on any atom is -0.365 e. The number of hydrogen-bond acceptors (Lipinski definition) is 8. The van der Waals surface area contributed by atoms with Crippen molar-refractivity contribution in [1.82, 2.24) is 25.0 Å². The van der Waals surface area contributed by atoms with Crippen molar-refractivity contribution in [2.45, 2.75) is 37.8 Å². The van der Waals surface area contributed by atoms with Crippen LogP contribution in [-0.4, -0.2) is 43.0 Å². The molecule has 0 saturated heterocycles. The summed E-state index contributed by atoms with van der Waals surface area (Å²) in [7, 11) is 0. The van der Waals surface area contributed by atoms with Crippen molar-refractivity contribution in [2.75, 3.05) is 10.6 Å². The topological polar surface area (TPSA) is 150 Å². The Morgan fingerprint density at radius 1 is 1.14 bits per heavy atom. The second kappa shape index (κ2) is 8.23. The average Bonchev–Trinajstić information content (AvgIpc) is 3.25. The number of carbonyl (C=O) groups is 1. The summed E-state index contributed by atoms with van der Waals surface area (Å²) in [6.45, 7) is 0. The van der Waals surface area contributed by atoms with Gasteiger partial charge in [0.25, 0.3) is 5.91 Å². The van der Waals surface area contributed by atoms with Gasteiger partial charge >= 0.3 is 0 Å². The van der Waals surface area contributed by atoms with Gasteiger partial charge in [0.05, 0.1) is 18.1 Å². The van der Waals surface area contributed by atoms with E-state index in [0.29, 0.717) is 11.8 Å². The fourth-order valence-electron chi connectivity index (χ4n) is 3.37. The number of amides is 1. The van der Waals surface area contributed by atoms with E-state index in [1.807, 2.05) is 24.3 Å². The normalized spacial score (nSPS) is 18.9. The first-order valence-electron chi connectivity index (χ1n) is 9.51. The van der Waals surface area contributed by atoms with E-state index in [9.17, 15) is 4.79 Å². The summed E-state index contributed by atoms with van der Waals surface area (Å²) in [5.41, 5.74) is 13.2. The Hall–Kier alpha value is -3.53. The van der Waals surface area contributed by atoms with Crippen LogP contribution in [0.15, 0.2) is 42.9 Å². The first-order valence-corrected chi connectivity index (χ1v) is 9.51. The zero-order valence-electron chi connectivity index (χ0n) is 15.8. The third-order valence-corrected chi connectivity index (χ3v) is 4.92. The Morgan fingerprint density at radius 2 is 1.90 bits per heavy atom. The summed E-state index contributed by atoms with van der Waals surface area (Å²) < 4.78 is 0. The third kappa shape index (κ3) is 4.49. The third-order valence-electron chi connectivity index (χ3n) is 4.92. The molecule has 0 atom stereocenters. The van der Waals surface area contributed by atoms with Crippen molar-refractivity contribution in [3.05, 3.63) is 48.4 Å². The summed E-state index contributed by atoms with van der Waals surface area (Å²) >= 11 is 0. The molecule has 0 unspecified atom stereocenters. The molecule has 1 saturated carbocycles. The van der Waals surface area contributed by atoms with Gasteiger partial charge in [-0.15, -0.1) is 0 Å². The molecule has 0 spiro atoms. The van der Waals surface area contributed by atoms with Gasteiger partial charge in [0.2, 0.25) is 5.95 Å². The SMILES string of the molecule is NC(=O)c1cnc(N[C@H]2CC[C@@H](N)CC2)nc1Nc1cccc(-n2nccn2)c1. The molecule has 3 aromatic rings. The molecule has 0 bridgehead atoms. The fraction of sp³-hybridized carbons (Fsp3) is 0.316. The van der Waals surface area contributed by atoms with Crippen LogP contribution in [0.5, 0.6) is 0 Å². The van der Waals surface area contributed by atoms with Crippen molar-refractivity contribution in [2.24, 2.45) is 11.5 Å². The fourth-order valence-corrected chi connectivity index (χ4v) is 3.37. The highest BCUT2D eigenvalue weighted by Crippen LogP contribution is 2.24. The number of rotatable bonds is 6. The van der Waals surface area contributed by atoms with Crippen LogP contribution in [-0.2, 0) is 0 Å². The van der Waals surface area contributed by atoms with Crippen molar-refractivity contribution in [3.8, 4) is 5.69 Å². The number of aromatic nitrogens is 5. The largest absolute Gasteiger partial charge is 0.365 e. The molecule has 4 rings (SSSR count). The molecule has 0 radical (unpaired) electrons. The Bertz CT molecular complexity index is 981. The lowest BCUT2D eigenvalue weighted by molar-refractivity contribution is 0.100. The quantitative estimate of drug-likeness (QED) is 0.493. The van der Waals surface area contributed by atoms with Gasteiger partial charge in [0, 0.05) is 24.0 Å². The molecule has 1 aromatic carbocycles. The number of benzene rings is 1. The zero-order chi connectivity index (χ0) is 20.2. The van der Waals surface area contributed by atoms with Gasteiger partial charge in [-0.1, -0.05) is 6.07 Å². The Balaban J connectivity index is 1.57. The first-order chi connectivity index (χ1) is 14.1. The van der Waals surface area contributed by atoms with Crippen molar-refractivity contribution in [1.29, 1.82) is 0 Å². The number of carbonyl (C=O) groups excluding carboxylic acids is 1. The number of nitrogens with zero attached hydrogens (tertiary/aromatic N) is 5. The molecular weight excluding hydrogens is 370 g/mol. The smallest absolute Gasteiger partial charge is 0.254 e. The zero-order valence-corrected chi connectivity index (χ0v) is 15.8. The maximum atomic E-state index is 11.8. The van der Waals surface area contributed by atoms with Gasteiger partial charge in [0.1, 0.15) is 11.4 Å². The lowest BCUT2D eigenvalue weighted by Gasteiger charge is -2.26. The van der Waals surface area contributed by atoms with Gasteiger partial charge in [-0.2, -0.15) is 20.0 Å². The lowest BCUT2D eigenvalue weighted by atomic mass is 9.92. The number of nitrogens with two attached hydrogens (primary N) is 2. The van der Waals surface area contributed by atoms with Crippen LogP contribution in [0.4, 0.5) is 17.5 Å². The molecule has 1 fully saturated rings. The predicted molar refractivity (Wildman–Crippen MR) is 109 cm³/mol. The van der Waals surface area contributed by atoms with E-state index in [1.165, 1.54) is 11.0 Å². The van der Waals surface area contributed by atoms with E-state index in [4.69, 9.17) is 11.5 Å². The van der Waals surface area contributed by atoms with E-state index in [2.05, 4.69) is 30.8 Å². The average molecular weight is 393 g/mol. The molecule has 2 heterocycles. The standard InChI is InChI=1S/C19H23N9O/c20-12-4-6-13(7-5-12)26-19-22-11-16(17(21)29)18(27-19)25-14-2-1-3-15(10-14)28-23-8-9-24-28/h1-3,8-13H,4-7,20H2,(H2,21,29)(H2,22,25,26,27)/t12-,13+. The Kier molecular flexibility index (Phi) is 5.34. The summed E-state index contributed by atoms with van der Waals surface area (Å²) in [5, 5.41) is 14.7.